The summed E-state index contributed by atoms with van der Waals surface area (Å²) in [6.45, 7) is 4.66. The van der Waals surface area contributed by atoms with E-state index in [-0.39, 0.29) is 18.1 Å². The zero-order valence-corrected chi connectivity index (χ0v) is 9.10. The molecule has 3 nitrogen and oxygen atoms in total. The fraction of sp³-hybridized carbons (Fsp3) is 0.417. The van der Waals surface area contributed by atoms with Crippen molar-refractivity contribution in [2.45, 2.75) is 26.1 Å². The number of hydrogen-bond donors (Lipinski definition) is 1. The van der Waals surface area contributed by atoms with Crippen LogP contribution in [0.5, 0.6) is 0 Å². The molecule has 0 aromatic heterocycles. The Balaban J connectivity index is 2.27. The average Bonchev–Trinajstić information content (AvgIpc) is 2.56. The monoisotopic (exact) mass is 204 g/mol. The van der Waals surface area contributed by atoms with Gasteiger partial charge in [-0.15, -0.1) is 0 Å². The molecular weight excluding hydrogens is 188 g/mol. The van der Waals surface area contributed by atoms with Crippen LogP contribution in [0.2, 0.25) is 0 Å². The molecule has 0 radical (unpaired) electrons. The second-order valence-corrected chi connectivity index (χ2v) is 3.83. The number of amides is 1. The molecule has 15 heavy (non-hydrogen) atoms. The highest BCUT2D eigenvalue weighted by molar-refractivity contribution is 5.84. The van der Waals surface area contributed by atoms with E-state index in [1.165, 1.54) is 0 Å². The van der Waals surface area contributed by atoms with Crippen molar-refractivity contribution in [3.05, 3.63) is 35.9 Å². The molecule has 0 aliphatic carbocycles. The molecule has 1 N–H and O–H groups in total. The van der Waals surface area contributed by atoms with Crippen molar-refractivity contribution < 1.29 is 4.79 Å². The molecule has 1 aliphatic heterocycles. The number of hydrogen-bond acceptors (Lipinski definition) is 2. The van der Waals surface area contributed by atoms with E-state index in [4.69, 9.17) is 0 Å². The predicted molar refractivity (Wildman–Crippen MR) is 59.2 cm³/mol. The van der Waals surface area contributed by atoms with Crippen LogP contribution in [0.4, 0.5) is 0 Å². The van der Waals surface area contributed by atoms with Gasteiger partial charge in [-0.2, -0.15) is 0 Å². The number of carbonyl (C=O) groups excluding carboxylic acids is 1. The van der Waals surface area contributed by atoms with E-state index in [0.29, 0.717) is 0 Å². The number of nitrogens with one attached hydrogen (secondary N) is 1. The van der Waals surface area contributed by atoms with E-state index in [0.717, 1.165) is 12.1 Å². The maximum Gasteiger partial charge on any atom is 0.241 e. The van der Waals surface area contributed by atoms with Crippen molar-refractivity contribution in [2.24, 2.45) is 0 Å². The topological polar surface area (TPSA) is 32.3 Å². The number of rotatable bonds is 2. The molecule has 2 unspecified atom stereocenters. The lowest BCUT2D eigenvalue weighted by atomic mass is 10.1. The third-order valence-corrected chi connectivity index (χ3v) is 2.83. The third kappa shape index (κ3) is 1.75. The van der Waals surface area contributed by atoms with Gasteiger partial charge >= 0.3 is 0 Å². The molecule has 1 saturated heterocycles. The summed E-state index contributed by atoms with van der Waals surface area (Å²) in [4.78, 5) is 13.7. The van der Waals surface area contributed by atoms with Gasteiger partial charge < -0.3 is 4.90 Å². The van der Waals surface area contributed by atoms with Gasteiger partial charge in [0.1, 0.15) is 6.17 Å². The number of likely N-dealkylation sites (N-methyl/N-ethyl adjacent to an activating group) is 1. The quantitative estimate of drug-likeness (QED) is 0.792. The van der Waals surface area contributed by atoms with Crippen molar-refractivity contribution in [3.63, 3.8) is 0 Å². The average molecular weight is 204 g/mol. The van der Waals surface area contributed by atoms with Crippen molar-refractivity contribution in [1.82, 2.24) is 10.2 Å². The first-order chi connectivity index (χ1) is 7.24. The van der Waals surface area contributed by atoms with Gasteiger partial charge in [0.25, 0.3) is 0 Å². The van der Waals surface area contributed by atoms with Crippen LogP contribution in [0.15, 0.2) is 30.3 Å². The van der Waals surface area contributed by atoms with Crippen molar-refractivity contribution >= 4 is 5.91 Å². The van der Waals surface area contributed by atoms with Gasteiger partial charge in [-0.05, 0) is 19.4 Å². The second kappa shape index (κ2) is 4.03. The van der Waals surface area contributed by atoms with Gasteiger partial charge in [0.15, 0.2) is 0 Å². The normalized spacial score (nSPS) is 26.0. The zero-order chi connectivity index (χ0) is 10.8. The summed E-state index contributed by atoms with van der Waals surface area (Å²) >= 11 is 0. The van der Waals surface area contributed by atoms with Crippen molar-refractivity contribution in [2.75, 3.05) is 6.54 Å². The summed E-state index contributed by atoms with van der Waals surface area (Å²) in [5.74, 6) is 0.186. The second-order valence-electron chi connectivity index (χ2n) is 3.83. The van der Waals surface area contributed by atoms with Crippen molar-refractivity contribution in [1.29, 1.82) is 0 Å². The Morgan fingerprint density at radius 1 is 1.33 bits per heavy atom. The SMILES string of the molecule is CCN1C(=O)C(C)NC1c1ccccc1. The van der Waals surface area contributed by atoms with Crippen LogP contribution in [0.1, 0.15) is 25.6 Å². The standard InChI is InChI=1S/C12H16N2O/c1-3-14-11(13-9(2)12(14)15)10-7-5-4-6-8-10/h4-9,11,13H,3H2,1-2H3. The van der Waals surface area contributed by atoms with Crippen LogP contribution < -0.4 is 5.32 Å². The van der Waals surface area contributed by atoms with E-state index >= 15 is 0 Å². The molecular formula is C12H16N2O. The first-order valence-corrected chi connectivity index (χ1v) is 5.35. The lowest BCUT2D eigenvalue weighted by molar-refractivity contribution is -0.129. The molecule has 0 bridgehead atoms. The molecule has 1 aliphatic rings. The van der Waals surface area contributed by atoms with E-state index < -0.39 is 0 Å². The lowest BCUT2D eigenvalue weighted by Gasteiger charge is -2.22. The van der Waals surface area contributed by atoms with E-state index in [9.17, 15) is 4.79 Å². The highest BCUT2D eigenvalue weighted by Crippen LogP contribution is 2.24. The van der Waals surface area contributed by atoms with Gasteiger partial charge in [-0.25, -0.2) is 0 Å². The zero-order valence-electron chi connectivity index (χ0n) is 9.10. The summed E-state index contributed by atoms with van der Waals surface area (Å²) < 4.78 is 0. The van der Waals surface area contributed by atoms with Gasteiger partial charge in [-0.1, -0.05) is 30.3 Å². The van der Waals surface area contributed by atoms with Crippen LogP contribution in [0, 0.1) is 0 Å². The molecule has 0 saturated carbocycles. The smallest absolute Gasteiger partial charge is 0.241 e. The van der Waals surface area contributed by atoms with E-state index in [1.807, 2.05) is 49.1 Å². The van der Waals surface area contributed by atoms with Gasteiger partial charge in [0, 0.05) is 6.54 Å². The predicted octanol–water partition coefficient (Wildman–Crippen LogP) is 1.53. The Labute approximate surface area is 90.1 Å². The first-order valence-electron chi connectivity index (χ1n) is 5.35. The molecule has 3 heteroatoms. The molecule has 1 amide bonds. The summed E-state index contributed by atoms with van der Waals surface area (Å²) in [6.07, 6.45) is 0.0405. The Kier molecular flexibility index (Phi) is 2.73. The van der Waals surface area contributed by atoms with E-state index in [1.54, 1.807) is 0 Å². The van der Waals surface area contributed by atoms with Crippen molar-refractivity contribution in [3.8, 4) is 0 Å². The minimum absolute atomic E-state index is 0.0405. The molecule has 1 fully saturated rings. The Morgan fingerprint density at radius 2 is 2.00 bits per heavy atom. The Bertz CT molecular complexity index is 350. The molecule has 2 atom stereocenters. The number of carbonyl (C=O) groups is 1. The lowest BCUT2D eigenvalue weighted by Crippen LogP contribution is -2.30. The van der Waals surface area contributed by atoms with Crippen LogP contribution in [-0.2, 0) is 4.79 Å². The van der Waals surface area contributed by atoms with Gasteiger partial charge in [-0.3, -0.25) is 10.1 Å². The van der Waals surface area contributed by atoms with E-state index in [2.05, 4.69) is 5.32 Å². The maximum absolute atomic E-state index is 11.8. The minimum atomic E-state index is -0.0739. The summed E-state index contributed by atoms with van der Waals surface area (Å²) in [6, 6.07) is 10.0. The Hall–Kier alpha value is -1.35. The molecule has 1 aromatic rings. The fourth-order valence-electron chi connectivity index (χ4n) is 2.02. The fourth-order valence-corrected chi connectivity index (χ4v) is 2.02. The number of nitrogens with zero attached hydrogens (tertiary/aromatic N) is 1. The molecule has 1 heterocycles. The summed E-state index contributed by atoms with van der Waals surface area (Å²) in [7, 11) is 0. The van der Waals surface area contributed by atoms with Gasteiger partial charge in [0.2, 0.25) is 5.91 Å². The third-order valence-electron chi connectivity index (χ3n) is 2.83. The largest absolute Gasteiger partial charge is 0.322 e. The highest BCUT2D eigenvalue weighted by Gasteiger charge is 2.35. The molecule has 2 rings (SSSR count). The summed E-state index contributed by atoms with van der Waals surface area (Å²) in [5, 5.41) is 3.30. The maximum atomic E-state index is 11.8. The number of benzene rings is 1. The Morgan fingerprint density at radius 3 is 2.60 bits per heavy atom. The van der Waals surface area contributed by atoms with Crippen LogP contribution >= 0.6 is 0 Å². The van der Waals surface area contributed by atoms with Crippen LogP contribution in [0.3, 0.4) is 0 Å². The van der Waals surface area contributed by atoms with Gasteiger partial charge in [0.05, 0.1) is 6.04 Å². The molecule has 1 aromatic carbocycles. The summed E-state index contributed by atoms with van der Waals surface area (Å²) in [5.41, 5.74) is 1.15. The molecule has 0 spiro atoms. The highest BCUT2D eigenvalue weighted by atomic mass is 16.2. The first kappa shape index (κ1) is 10.2. The van der Waals surface area contributed by atoms with Crippen LogP contribution in [-0.4, -0.2) is 23.4 Å². The minimum Gasteiger partial charge on any atom is -0.322 e. The van der Waals surface area contributed by atoms with Crippen LogP contribution in [0.25, 0.3) is 0 Å². The molecule has 80 valence electrons.